The molecule has 1 amide bonds. The molecule has 0 saturated carbocycles. The highest BCUT2D eigenvalue weighted by Crippen LogP contribution is 2.33. The van der Waals surface area contributed by atoms with Crippen LogP contribution in [0.3, 0.4) is 0 Å². The van der Waals surface area contributed by atoms with Crippen molar-refractivity contribution in [3.05, 3.63) is 59.1 Å². The standard InChI is InChI=1S/C16H12ClN3O2S/c1-22-13-8-3-2-7-12(13)15-19-20-16(23-15)18-14(21)10-5-4-6-11(17)9-10/h2-9H,1H3,(H,18,20,21). The minimum absolute atomic E-state index is 0.282. The smallest absolute Gasteiger partial charge is 0.257 e. The molecule has 0 spiro atoms. The molecule has 1 aromatic heterocycles. The predicted octanol–water partition coefficient (Wildman–Crippen LogP) is 4.12. The molecule has 3 aromatic rings. The summed E-state index contributed by atoms with van der Waals surface area (Å²) < 4.78 is 5.31. The van der Waals surface area contributed by atoms with E-state index in [4.69, 9.17) is 16.3 Å². The molecule has 0 aliphatic carbocycles. The Morgan fingerprint density at radius 3 is 2.78 bits per heavy atom. The molecule has 0 unspecified atom stereocenters. The van der Waals surface area contributed by atoms with Gasteiger partial charge in [-0.05, 0) is 30.3 Å². The number of halogens is 1. The van der Waals surface area contributed by atoms with Gasteiger partial charge in [-0.3, -0.25) is 10.1 Å². The van der Waals surface area contributed by atoms with Gasteiger partial charge in [-0.25, -0.2) is 0 Å². The summed E-state index contributed by atoms with van der Waals surface area (Å²) in [5, 5.41) is 12.4. The number of carbonyl (C=O) groups is 1. The van der Waals surface area contributed by atoms with Crippen molar-refractivity contribution in [1.82, 2.24) is 10.2 Å². The third-order valence-electron chi connectivity index (χ3n) is 3.07. The maximum atomic E-state index is 12.2. The summed E-state index contributed by atoms with van der Waals surface area (Å²) >= 11 is 7.17. The second-order valence-corrected chi connectivity index (χ2v) is 5.99. The number of amides is 1. The van der Waals surface area contributed by atoms with Crippen molar-refractivity contribution in [2.75, 3.05) is 12.4 Å². The van der Waals surface area contributed by atoms with E-state index >= 15 is 0 Å². The number of anilines is 1. The van der Waals surface area contributed by atoms with E-state index < -0.39 is 0 Å². The van der Waals surface area contributed by atoms with Gasteiger partial charge in [-0.1, -0.05) is 41.1 Å². The maximum absolute atomic E-state index is 12.2. The molecule has 0 fully saturated rings. The van der Waals surface area contributed by atoms with Crippen LogP contribution in [-0.2, 0) is 0 Å². The first-order chi connectivity index (χ1) is 11.2. The molecule has 3 rings (SSSR count). The van der Waals surface area contributed by atoms with Crippen molar-refractivity contribution in [3.8, 4) is 16.3 Å². The largest absolute Gasteiger partial charge is 0.496 e. The number of ether oxygens (including phenoxy) is 1. The first kappa shape index (κ1) is 15.5. The van der Waals surface area contributed by atoms with Gasteiger partial charge in [0, 0.05) is 10.6 Å². The van der Waals surface area contributed by atoms with E-state index in [2.05, 4.69) is 15.5 Å². The fraction of sp³-hybridized carbons (Fsp3) is 0.0625. The van der Waals surface area contributed by atoms with E-state index in [0.717, 1.165) is 5.56 Å². The summed E-state index contributed by atoms with van der Waals surface area (Å²) in [6.07, 6.45) is 0. The van der Waals surface area contributed by atoms with E-state index in [1.807, 2.05) is 24.3 Å². The zero-order valence-corrected chi connectivity index (χ0v) is 13.7. The van der Waals surface area contributed by atoms with Crippen LogP contribution in [0.25, 0.3) is 10.6 Å². The van der Waals surface area contributed by atoms with Crippen molar-refractivity contribution in [2.24, 2.45) is 0 Å². The summed E-state index contributed by atoms with van der Waals surface area (Å²) in [4.78, 5) is 12.2. The van der Waals surface area contributed by atoms with E-state index in [9.17, 15) is 4.79 Å². The van der Waals surface area contributed by atoms with Crippen molar-refractivity contribution >= 4 is 34.0 Å². The fourth-order valence-electron chi connectivity index (χ4n) is 2.00. The number of hydrogen-bond acceptors (Lipinski definition) is 5. The maximum Gasteiger partial charge on any atom is 0.257 e. The van der Waals surface area contributed by atoms with Gasteiger partial charge >= 0.3 is 0 Å². The van der Waals surface area contributed by atoms with Crippen LogP contribution in [0.4, 0.5) is 5.13 Å². The topological polar surface area (TPSA) is 64.1 Å². The average molecular weight is 346 g/mol. The molecule has 116 valence electrons. The first-order valence-corrected chi connectivity index (χ1v) is 7.90. The van der Waals surface area contributed by atoms with Gasteiger partial charge in [0.1, 0.15) is 5.75 Å². The van der Waals surface area contributed by atoms with E-state index in [-0.39, 0.29) is 5.91 Å². The van der Waals surface area contributed by atoms with Crippen LogP contribution < -0.4 is 10.1 Å². The van der Waals surface area contributed by atoms with Gasteiger partial charge in [-0.2, -0.15) is 0 Å². The highest BCUT2D eigenvalue weighted by atomic mass is 35.5. The van der Waals surface area contributed by atoms with Crippen LogP contribution in [0.1, 0.15) is 10.4 Å². The lowest BCUT2D eigenvalue weighted by Crippen LogP contribution is -2.11. The lowest BCUT2D eigenvalue weighted by Gasteiger charge is -2.04. The number of methoxy groups -OCH3 is 1. The molecule has 1 N–H and O–H groups in total. The first-order valence-electron chi connectivity index (χ1n) is 6.71. The second-order valence-electron chi connectivity index (χ2n) is 4.58. The summed E-state index contributed by atoms with van der Waals surface area (Å²) in [6, 6.07) is 14.2. The van der Waals surface area contributed by atoms with Crippen LogP contribution in [0.15, 0.2) is 48.5 Å². The summed E-state index contributed by atoms with van der Waals surface area (Å²) in [5.74, 6) is 0.423. The molecule has 0 atom stereocenters. The molecule has 0 aliphatic rings. The summed E-state index contributed by atoms with van der Waals surface area (Å²) in [7, 11) is 1.60. The molecule has 23 heavy (non-hydrogen) atoms. The summed E-state index contributed by atoms with van der Waals surface area (Å²) in [5.41, 5.74) is 1.29. The Morgan fingerprint density at radius 1 is 1.17 bits per heavy atom. The molecular formula is C16H12ClN3O2S. The van der Waals surface area contributed by atoms with Crippen molar-refractivity contribution in [2.45, 2.75) is 0 Å². The number of rotatable bonds is 4. The Morgan fingerprint density at radius 2 is 2.00 bits per heavy atom. The zero-order chi connectivity index (χ0) is 16.2. The Kier molecular flexibility index (Phi) is 4.55. The number of para-hydroxylation sites is 1. The van der Waals surface area contributed by atoms with Crippen LogP contribution in [0.2, 0.25) is 5.02 Å². The van der Waals surface area contributed by atoms with Gasteiger partial charge in [0.15, 0.2) is 5.01 Å². The lowest BCUT2D eigenvalue weighted by atomic mass is 10.2. The van der Waals surface area contributed by atoms with Crippen molar-refractivity contribution < 1.29 is 9.53 Å². The lowest BCUT2D eigenvalue weighted by molar-refractivity contribution is 0.102. The molecule has 7 heteroatoms. The monoisotopic (exact) mass is 345 g/mol. The number of carbonyl (C=O) groups excluding carboxylic acids is 1. The number of nitrogens with one attached hydrogen (secondary N) is 1. The minimum atomic E-state index is -0.282. The third kappa shape index (κ3) is 3.49. The second kappa shape index (κ2) is 6.76. The number of aromatic nitrogens is 2. The van der Waals surface area contributed by atoms with Crippen LogP contribution in [-0.4, -0.2) is 23.2 Å². The van der Waals surface area contributed by atoms with Crippen LogP contribution in [0.5, 0.6) is 5.75 Å². The Balaban J connectivity index is 1.81. The Labute approximate surface area is 141 Å². The van der Waals surface area contributed by atoms with Gasteiger partial charge in [0.25, 0.3) is 5.91 Å². The third-order valence-corrected chi connectivity index (χ3v) is 4.18. The van der Waals surface area contributed by atoms with Gasteiger partial charge in [-0.15, -0.1) is 10.2 Å². The van der Waals surface area contributed by atoms with E-state index in [0.29, 0.717) is 26.5 Å². The molecule has 0 radical (unpaired) electrons. The normalized spacial score (nSPS) is 10.3. The number of hydrogen-bond donors (Lipinski definition) is 1. The van der Waals surface area contributed by atoms with E-state index in [1.54, 1.807) is 31.4 Å². The van der Waals surface area contributed by atoms with Gasteiger partial charge < -0.3 is 4.74 Å². The quantitative estimate of drug-likeness (QED) is 0.772. The van der Waals surface area contributed by atoms with Gasteiger partial charge in [0.05, 0.1) is 12.7 Å². The highest BCUT2D eigenvalue weighted by Gasteiger charge is 2.13. The van der Waals surface area contributed by atoms with Gasteiger partial charge in [0.2, 0.25) is 5.13 Å². The molecule has 2 aromatic carbocycles. The van der Waals surface area contributed by atoms with E-state index in [1.165, 1.54) is 11.3 Å². The zero-order valence-electron chi connectivity index (χ0n) is 12.1. The molecule has 0 aliphatic heterocycles. The van der Waals surface area contributed by atoms with Crippen LogP contribution in [0, 0.1) is 0 Å². The summed E-state index contributed by atoms with van der Waals surface area (Å²) in [6.45, 7) is 0. The highest BCUT2D eigenvalue weighted by molar-refractivity contribution is 7.18. The predicted molar refractivity (Wildman–Crippen MR) is 91.3 cm³/mol. The minimum Gasteiger partial charge on any atom is -0.496 e. The fourth-order valence-corrected chi connectivity index (χ4v) is 2.96. The van der Waals surface area contributed by atoms with Crippen molar-refractivity contribution in [3.63, 3.8) is 0 Å². The molecule has 0 bridgehead atoms. The molecule has 5 nitrogen and oxygen atoms in total. The molecule has 0 saturated heterocycles. The number of nitrogens with zero attached hydrogens (tertiary/aromatic N) is 2. The molecule has 1 heterocycles. The molecular weight excluding hydrogens is 334 g/mol. The van der Waals surface area contributed by atoms with Crippen LogP contribution >= 0.6 is 22.9 Å². The Bertz CT molecular complexity index is 851. The number of benzene rings is 2. The SMILES string of the molecule is COc1ccccc1-c1nnc(NC(=O)c2cccc(Cl)c2)s1. The Hall–Kier alpha value is -2.44. The van der Waals surface area contributed by atoms with Crippen molar-refractivity contribution in [1.29, 1.82) is 0 Å². The average Bonchev–Trinajstić information content (AvgIpc) is 3.03.